The SMILES string of the molecule is COc1ccc(C2=NN(CCCC(=O)O)C(N)C=C2)cc1. The minimum Gasteiger partial charge on any atom is -0.497 e. The molecule has 0 bridgehead atoms. The summed E-state index contributed by atoms with van der Waals surface area (Å²) < 4.78 is 5.13. The maximum Gasteiger partial charge on any atom is 0.303 e. The van der Waals surface area contributed by atoms with Crippen molar-refractivity contribution in [2.75, 3.05) is 13.7 Å². The van der Waals surface area contributed by atoms with Gasteiger partial charge in [-0.05, 0) is 42.8 Å². The number of carboxylic acid groups (broad SMARTS) is 1. The molecule has 2 rings (SSSR count). The Kier molecular flexibility index (Phi) is 4.94. The van der Waals surface area contributed by atoms with E-state index in [-0.39, 0.29) is 12.6 Å². The van der Waals surface area contributed by atoms with Crippen molar-refractivity contribution in [3.63, 3.8) is 0 Å². The third-order valence-corrected chi connectivity index (χ3v) is 3.20. The zero-order valence-corrected chi connectivity index (χ0v) is 11.9. The average molecular weight is 289 g/mol. The highest BCUT2D eigenvalue weighted by Gasteiger charge is 2.16. The van der Waals surface area contributed by atoms with Gasteiger partial charge in [0.2, 0.25) is 0 Å². The van der Waals surface area contributed by atoms with Crippen molar-refractivity contribution in [1.82, 2.24) is 5.01 Å². The van der Waals surface area contributed by atoms with E-state index in [2.05, 4.69) is 5.10 Å². The van der Waals surface area contributed by atoms with Crippen LogP contribution in [0.4, 0.5) is 0 Å². The number of hydrazone groups is 1. The predicted octanol–water partition coefficient (Wildman–Crippen LogP) is 1.42. The molecule has 0 aliphatic carbocycles. The van der Waals surface area contributed by atoms with Gasteiger partial charge in [-0.25, -0.2) is 0 Å². The van der Waals surface area contributed by atoms with Gasteiger partial charge in [0.25, 0.3) is 0 Å². The molecular weight excluding hydrogens is 270 g/mol. The van der Waals surface area contributed by atoms with Crippen LogP contribution in [0.2, 0.25) is 0 Å². The van der Waals surface area contributed by atoms with Crippen LogP contribution in [0.5, 0.6) is 5.75 Å². The summed E-state index contributed by atoms with van der Waals surface area (Å²) in [5.41, 5.74) is 7.71. The molecule has 0 saturated heterocycles. The molecule has 6 nitrogen and oxygen atoms in total. The Hall–Kier alpha value is -2.34. The van der Waals surface area contributed by atoms with Gasteiger partial charge in [0.1, 0.15) is 11.9 Å². The second kappa shape index (κ2) is 6.90. The van der Waals surface area contributed by atoms with Crippen LogP contribution >= 0.6 is 0 Å². The summed E-state index contributed by atoms with van der Waals surface area (Å²) in [5, 5.41) is 14.9. The number of carbonyl (C=O) groups is 1. The minimum absolute atomic E-state index is 0.111. The van der Waals surface area contributed by atoms with E-state index in [1.165, 1.54) is 0 Å². The Bertz CT molecular complexity index is 552. The molecule has 1 atom stereocenters. The van der Waals surface area contributed by atoms with Gasteiger partial charge < -0.3 is 15.6 Å². The van der Waals surface area contributed by atoms with Gasteiger partial charge in [0.05, 0.1) is 12.8 Å². The van der Waals surface area contributed by atoms with Gasteiger partial charge >= 0.3 is 5.97 Å². The Balaban J connectivity index is 2.07. The van der Waals surface area contributed by atoms with Crippen LogP contribution in [-0.2, 0) is 4.79 Å². The lowest BCUT2D eigenvalue weighted by Gasteiger charge is -2.27. The summed E-state index contributed by atoms with van der Waals surface area (Å²) in [5.74, 6) is -0.0235. The number of allylic oxidation sites excluding steroid dienone is 1. The topological polar surface area (TPSA) is 88.1 Å². The van der Waals surface area contributed by atoms with Gasteiger partial charge in [-0.1, -0.05) is 0 Å². The minimum atomic E-state index is -0.810. The van der Waals surface area contributed by atoms with Crippen LogP contribution in [0.15, 0.2) is 41.5 Å². The molecule has 0 aromatic heterocycles. The highest BCUT2D eigenvalue weighted by molar-refractivity contribution is 6.09. The number of methoxy groups -OCH3 is 1. The Morgan fingerprint density at radius 3 is 2.76 bits per heavy atom. The van der Waals surface area contributed by atoms with E-state index < -0.39 is 5.97 Å². The largest absolute Gasteiger partial charge is 0.497 e. The fourth-order valence-corrected chi connectivity index (χ4v) is 2.03. The number of nitrogens with zero attached hydrogens (tertiary/aromatic N) is 2. The van der Waals surface area contributed by atoms with Crippen molar-refractivity contribution < 1.29 is 14.6 Å². The summed E-state index contributed by atoms with van der Waals surface area (Å²) in [7, 11) is 1.62. The number of nitrogens with two attached hydrogens (primary N) is 1. The monoisotopic (exact) mass is 289 g/mol. The molecular formula is C15H19N3O3. The van der Waals surface area contributed by atoms with Crippen molar-refractivity contribution >= 4 is 11.7 Å². The predicted molar refractivity (Wildman–Crippen MR) is 80.2 cm³/mol. The molecule has 0 radical (unpaired) electrons. The summed E-state index contributed by atoms with van der Waals surface area (Å²) in [4.78, 5) is 10.6. The second-order valence-corrected chi connectivity index (χ2v) is 4.72. The van der Waals surface area contributed by atoms with E-state index >= 15 is 0 Å². The third-order valence-electron chi connectivity index (χ3n) is 3.20. The Morgan fingerprint density at radius 2 is 2.14 bits per heavy atom. The molecule has 6 heteroatoms. The summed E-state index contributed by atoms with van der Waals surface area (Å²) in [6, 6.07) is 7.59. The molecule has 1 aliphatic heterocycles. The van der Waals surface area contributed by atoms with Crippen LogP contribution in [0.3, 0.4) is 0 Å². The smallest absolute Gasteiger partial charge is 0.303 e. The van der Waals surface area contributed by atoms with Gasteiger partial charge in [-0.15, -0.1) is 0 Å². The van der Waals surface area contributed by atoms with Crippen molar-refractivity contribution in [3.05, 3.63) is 42.0 Å². The molecule has 1 heterocycles. The molecule has 1 unspecified atom stereocenters. The lowest BCUT2D eigenvalue weighted by molar-refractivity contribution is -0.137. The Morgan fingerprint density at radius 1 is 1.43 bits per heavy atom. The molecule has 3 N–H and O–H groups in total. The van der Waals surface area contributed by atoms with E-state index in [1.807, 2.05) is 36.4 Å². The van der Waals surface area contributed by atoms with Crippen molar-refractivity contribution in [2.24, 2.45) is 10.8 Å². The van der Waals surface area contributed by atoms with E-state index in [4.69, 9.17) is 15.6 Å². The lowest BCUT2D eigenvalue weighted by Crippen LogP contribution is -2.40. The third kappa shape index (κ3) is 4.06. The molecule has 1 aromatic carbocycles. The molecule has 0 saturated carbocycles. The first kappa shape index (κ1) is 15.1. The Labute approximate surface area is 123 Å². The maximum absolute atomic E-state index is 10.6. The molecule has 1 aromatic rings. The number of hydrogen-bond donors (Lipinski definition) is 2. The maximum atomic E-state index is 10.6. The van der Waals surface area contributed by atoms with E-state index in [0.29, 0.717) is 13.0 Å². The first-order valence-electron chi connectivity index (χ1n) is 6.75. The first-order valence-corrected chi connectivity index (χ1v) is 6.75. The molecule has 112 valence electrons. The number of carboxylic acids is 1. The highest BCUT2D eigenvalue weighted by atomic mass is 16.5. The molecule has 1 aliphatic rings. The standard InChI is InChI=1S/C15H19N3O3/c1-21-12-6-4-11(5-7-12)13-8-9-14(16)18(17-13)10-2-3-15(19)20/h4-9,14H,2-3,10,16H2,1H3,(H,19,20). The van der Waals surface area contributed by atoms with Crippen molar-refractivity contribution in [3.8, 4) is 5.75 Å². The first-order chi connectivity index (χ1) is 10.1. The number of aliphatic carboxylic acids is 1. The van der Waals surface area contributed by atoms with Crippen LogP contribution < -0.4 is 10.5 Å². The van der Waals surface area contributed by atoms with Crippen molar-refractivity contribution in [1.29, 1.82) is 0 Å². The average Bonchev–Trinajstić information content (AvgIpc) is 2.49. The summed E-state index contributed by atoms with van der Waals surface area (Å²) in [6.45, 7) is 0.511. The molecule has 21 heavy (non-hydrogen) atoms. The zero-order valence-electron chi connectivity index (χ0n) is 11.9. The van der Waals surface area contributed by atoms with Crippen molar-refractivity contribution in [2.45, 2.75) is 19.0 Å². The zero-order chi connectivity index (χ0) is 15.2. The second-order valence-electron chi connectivity index (χ2n) is 4.72. The van der Waals surface area contributed by atoms with Gasteiger partial charge in [0, 0.05) is 18.5 Å². The molecule has 0 fully saturated rings. The summed E-state index contributed by atoms with van der Waals surface area (Å²) >= 11 is 0. The highest BCUT2D eigenvalue weighted by Crippen LogP contribution is 2.16. The lowest BCUT2D eigenvalue weighted by atomic mass is 10.1. The van der Waals surface area contributed by atoms with Crippen LogP contribution in [0, 0.1) is 0 Å². The summed E-state index contributed by atoms with van der Waals surface area (Å²) in [6.07, 6.45) is 4.03. The van der Waals surface area contributed by atoms with Crippen LogP contribution in [-0.4, -0.2) is 41.6 Å². The fraction of sp³-hybridized carbons (Fsp3) is 0.333. The number of hydrogen-bond acceptors (Lipinski definition) is 5. The quantitative estimate of drug-likeness (QED) is 0.827. The van der Waals surface area contributed by atoms with E-state index in [0.717, 1.165) is 17.0 Å². The van der Waals surface area contributed by atoms with Gasteiger partial charge in [-0.2, -0.15) is 5.10 Å². The number of benzene rings is 1. The van der Waals surface area contributed by atoms with Crippen LogP contribution in [0.1, 0.15) is 18.4 Å². The number of ether oxygens (including phenoxy) is 1. The fourth-order valence-electron chi connectivity index (χ4n) is 2.03. The van der Waals surface area contributed by atoms with E-state index in [9.17, 15) is 4.79 Å². The van der Waals surface area contributed by atoms with Gasteiger partial charge in [-0.3, -0.25) is 9.80 Å². The van der Waals surface area contributed by atoms with E-state index in [1.54, 1.807) is 12.1 Å². The molecule has 0 amide bonds. The normalized spacial score (nSPS) is 17.5. The van der Waals surface area contributed by atoms with Gasteiger partial charge in [0.15, 0.2) is 0 Å². The number of rotatable bonds is 6. The molecule has 0 spiro atoms. The van der Waals surface area contributed by atoms with Crippen LogP contribution in [0.25, 0.3) is 0 Å².